The maximum Gasteiger partial charge on any atom is 0.0774 e. The van der Waals surface area contributed by atoms with Crippen LogP contribution in [0.3, 0.4) is 0 Å². The Morgan fingerprint density at radius 1 is 0.607 bits per heavy atom. The fourth-order valence-corrected chi connectivity index (χ4v) is 6.89. The number of aromatic nitrogens is 3. The SMILES string of the molecule is [2H]C([2H])(c1ccccc1)c1ccc2o[c-]c(-c3nc4ccccc4n3-c3c(-c4ccccc4)cccc3-c3ccccc3)c2c1.[Ir].[c-]1ccccc1-c1ccccn1. The molecule has 0 aliphatic carbocycles. The van der Waals surface area contributed by atoms with E-state index in [0.29, 0.717) is 28.1 Å². The number of imidazole rings is 1. The summed E-state index contributed by atoms with van der Waals surface area (Å²) in [4.78, 5) is 9.40. The van der Waals surface area contributed by atoms with Gasteiger partial charge in [-0.15, -0.1) is 35.9 Å². The van der Waals surface area contributed by atoms with Gasteiger partial charge in [-0.25, -0.2) is 0 Å². The largest absolute Gasteiger partial charge is 0.557 e. The number of para-hydroxylation sites is 3. The van der Waals surface area contributed by atoms with Gasteiger partial charge in [0.25, 0.3) is 0 Å². The number of fused-ring (bicyclic) bond motifs is 2. The van der Waals surface area contributed by atoms with Crippen LogP contribution in [0.15, 0.2) is 205 Å². The van der Waals surface area contributed by atoms with E-state index in [0.717, 1.165) is 55.6 Å². The van der Waals surface area contributed by atoms with Gasteiger partial charge in [-0.1, -0.05) is 168 Å². The zero-order valence-corrected chi connectivity index (χ0v) is 32.5. The summed E-state index contributed by atoms with van der Waals surface area (Å²) in [7, 11) is 0. The Hall–Kier alpha value is -6.65. The molecule has 271 valence electrons. The van der Waals surface area contributed by atoms with Crippen molar-refractivity contribution in [2.45, 2.75) is 6.37 Å². The molecule has 7 aromatic carbocycles. The van der Waals surface area contributed by atoms with E-state index in [1.807, 2.05) is 115 Å². The molecule has 0 aliphatic rings. The molecule has 0 amide bonds. The van der Waals surface area contributed by atoms with E-state index in [1.54, 1.807) is 12.3 Å². The molecule has 3 aromatic heterocycles. The molecule has 0 saturated carbocycles. The van der Waals surface area contributed by atoms with Gasteiger partial charge in [0.05, 0.1) is 22.5 Å². The molecular formula is C51H35IrN3O-2. The Morgan fingerprint density at radius 2 is 1.27 bits per heavy atom. The maximum absolute atomic E-state index is 9.03. The molecule has 3 heterocycles. The van der Waals surface area contributed by atoms with Crippen molar-refractivity contribution in [3.05, 3.63) is 224 Å². The molecule has 56 heavy (non-hydrogen) atoms. The summed E-state index contributed by atoms with van der Waals surface area (Å²) < 4.78 is 26.3. The van der Waals surface area contributed by atoms with Crippen LogP contribution in [0.2, 0.25) is 0 Å². The number of nitrogens with zero attached hydrogens (tertiary/aromatic N) is 3. The minimum Gasteiger partial charge on any atom is -0.557 e. The van der Waals surface area contributed by atoms with E-state index in [9.17, 15) is 0 Å². The second-order valence-electron chi connectivity index (χ2n) is 13.0. The normalized spacial score (nSPS) is 11.6. The monoisotopic (exact) mass is 900 g/mol. The van der Waals surface area contributed by atoms with Gasteiger partial charge in [-0.05, 0) is 47.0 Å². The summed E-state index contributed by atoms with van der Waals surface area (Å²) in [5.74, 6) is 0.674. The van der Waals surface area contributed by atoms with Gasteiger partial charge < -0.3 is 14.0 Å². The summed E-state index contributed by atoms with van der Waals surface area (Å²) in [5.41, 5.74) is 11.5. The minimum absolute atomic E-state index is 0. The third-order valence-electron chi connectivity index (χ3n) is 9.44. The molecular weight excluding hydrogens is 863 g/mol. The van der Waals surface area contributed by atoms with Crippen LogP contribution in [0.1, 0.15) is 13.9 Å². The first-order valence-corrected chi connectivity index (χ1v) is 18.2. The first-order chi connectivity index (χ1) is 28.1. The van der Waals surface area contributed by atoms with Crippen molar-refractivity contribution < 1.29 is 27.3 Å². The molecule has 0 unspecified atom stereocenters. The van der Waals surface area contributed by atoms with E-state index >= 15 is 0 Å². The Balaban J connectivity index is 0.000000309. The molecule has 1 radical (unpaired) electrons. The van der Waals surface area contributed by atoms with Crippen LogP contribution in [-0.4, -0.2) is 14.5 Å². The molecule has 0 spiro atoms. The average molecular weight is 900 g/mol. The van der Waals surface area contributed by atoms with Gasteiger partial charge in [0, 0.05) is 52.0 Å². The number of benzene rings is 7. The molecule has 10 aromatic rings. The average Bonchev–Trinajstić information content (AvgIpc) is 3.89. The third kappa shape index (κ3) is 7.51. The molecule has 5 heteroatoms. The molecule has 0 aliphatic heterocycles. The standard InChI is InChI=1S/C40H27N2O.C11H8N.Ir/c1-4-13-28(14-5-1)25-29-23-24-38-34(26-29)35(27-43-38)40-41-36-21-10-11-22-37(36)42(40)39-32(30-15-6-2-7-16-30)19-12-20-33(39)31-17-8-3-9-18-31;1-2-6-10(7-3-1)11-8-4-5-9-12-11;/h1-24,26H,25H2;1-6,8-9H;/q2*-1;/i25D2;;. The van der Waals surface area contributed by atoms with Crippen LogP contribution >= 0.6 is 0 Å². The van der Waals surface area contributed by atoms with Gasteiger partial charge in [-0.3, -0.25) is 4.98 Å². The number of pyridine rings is 1. The Labute approximate surface area is 343 Å². The topological polar surface area (TPSA) is 43.9 Å². The van der Waals surface area contributed by atoms with Gasteiger partial charge in [0.15, 0.2) is 0 Å². The van der Waals surface area contributed by atoms with Crippen molar-refractivity contribution in [1.29, 1.82) is 0 Å². The first-order valence-electron chi connectivity index (χ1n) is 19.2. The predicted molar refractivity (Wildman–Crippen MR) is 224 cm³/mol. The molecule has 0 atom stereocenters. The second kappa shape index (κ2) is 16.8. The Bertz CT molecular complexity index is 2820. The van der Waals surface area contributed by atoms with E-state index in [2.05, 4.69) is 94.7 Å². The molecule has 4 nitrogen and oxygen atoms in total. The molecule has 0 N–H and O–H groups in total. The number of furan rings is 1. The van der Waals surface area contributed by atoms with Crippen molar-refractivity contribution in [3.63, 3.8) is 0 Å². The van der Waals surface area contributed by atoms with E-state index in [4.69, 9.17) is 12.1 Å². The third-order valence-corrected chi connectivity index (χ3v) is 9.44. The van der Waals surface area contributed by atoms with E-state index < -0.39 is 6.37 Å². The van der Waals surface area contributed by atoms with Crippen molar-refractivity contribution >= 4 is 22.0 Å². The Kier molecular flexibility index (Phi) is 10.2. The van der Waals surface area contributed by atoms with Crippen LogP contribution in [0.4, 0.5) is 0 Å². The maximum atomic E-state index is 9.03. The van der Waals surface area contributed by atoms with Gasteiger partial charge in [0.1, 0.15) is 0 Å². The molecule has 0 fully saturated rings. The summed E-state index contributed by atoms with van der Waals surface area (Å²) in [6.07, 6.45) is 3.24. The van der Waals surface area contributed by atoms with Crippen molar-refractivity contribution in [1.82, 2.24) is 14.5 Å². The summed E-state index contributed by atoms with van der Waals surface area (Å²) in [6, 6.07) is 66.9. The molecule has 10 rings (SSSR count). The fraction of sp³-hybridized carbons (Fsp3) is 0.0196. The van der Waals surface area contributed by atoms with Gasteiger partial charge >= 0.3 is 0 Å². The van der Waals surface area contributed by atoms with Crippen molar-refractivity contribution in [2.24, 2.45) is 0 Å². The zero-order chi connectivity index (χ0) is 38.6. The van der Waals surface area contributed by atoms with Crippen LogP contribution in [0, 0.1) is 12.3 Å². The number of hydrogen-bond donors (Lipinski definition) is 0. The minimum atomic E-state index is -1.70. The molecule has 0 saturated heterocycles. The summed E-state index contributed by atoms with van der Waals surface area (Å²) >= 11 is 0. The van der Waals surface area contributed by atoms with Crippen LogP contribution < -0.4 is 0 Å². The quantitative estimate of drug-likeness (QED) is 0.150. The number of rotatable bonds is 7. The van der Waals surface area contributed by atoms with Crippen molar-refractivity contribution in [2.75, 3.05) is 0 Å². The van der Waals surface area contributed by atoms with Gasteiger partial charge in [0.2, 0.25) is 0 Å². The fourth-order valence-electron chi connectivity index (χ4n) is 6.89. The summed E-state index contributed by atoms with van der Waals surface area (Å²) in [5, 5.41) is 0.752. The van der Waals surface area contributed by atoms with Crippen LogP contribution in [0.5, 0.6) is 0 Å². The zero-order valence-electron chi connectivity index (χ0n) is 32.1. The van der Waals surface area contributed by atoms with E-state index in [-0.39, 0.29) is 20.1 Å². The second-order valence-corrected chi connectivity index (χ2v) is 13.0. The van der Waals surface area contributed by atoms with Crippen LogP contribution in [-0.2, 0) is 26.5 Å². The van der Waals surface area contributed by atoms with E-state index in [1.165, 1.54) is 0 Å². The van der Waals surface area contributed by atoms with Crippen molar-refractivity contribution in [3.8, 4) is 50.6 Å². The smallest absolute Gasteiger partial charge is 0.0774 e. The predicted octanol–water partition coefficient (Wildman–Crippen LogP) is 12.7. The summed E-state index contributed by atoms with van der Waals surface area (Å²) in [6.45, 7) is 0. The Morgan fingerprint density at radius 3 is 1.95 bits per heavy atom. The first kappa shape index (κ1) is 33.9. The number of hydrogen-bond acceptors (Lipinski definition) is 3. The van der Waals surface area contributed by atoms with Crippen LogP contribution in [0.25, 0.3) is 72.6 Å². The van der Waals surface area contributed by atoms with Gasteiger partial charge in [-0.2, -0.15) is 0 Å². The molecule has 0 bridgehead atoms.